The number of ether oxygens (including phenoxy) is 1. The molecule has 0 bridgehead atoms. The van der Waals surface area contributed by atoms with E-state index in [1.54, 1.807) is 12.1 Å². The summed E-state index contributed by atoms with van der Waals surface area (Å²) in [6.07, 6.45) is 0.935. The van der Waals surface area contributed by atoms with Crippen LogP contribution in [0, 0.1) is 13.8 Å². The molecule has 0 fully saturated rings. The van der Waals surface area contributed by atoms with Gasteiger partial charge in [0.05, 0.1) is 0 Å². The highest BCUT2D eigenvalue weighted by Gasteiger charge is 2.49. The molecule has 5 heteroatoms. The van der Waals surface area contributed by atoms with Crippen LogP contribution in [0.4, 0.5) is 5.69 Å². The van der Waals surface area contributed by atoms with E-state index in [0.29, 0.717) is 16.8 Å². The van der Waals surface area contributed by atoms with Crippen molar-refractivity contribution >= 4 is 23.2 Å². The fourth-order valence-electron chi connectivity index (χ4n) is 3.97. The van der Waals surface area contributed by atoms with Crippen molar-refractivity contribution in [1.29, 1.82) is 0 Å². The molecule has 5 nitrogen and oxygen atoms in total. The summed E-state index contributed by atoms with van der Waals surface area (Å²) in [6.45, 7) is 5.95. The Morgan fingerprint density at radius 3 is 2.53 bits per heavy atom. The molecule has 0 saturated heterocycles. The number of aliphatic hydroxyl groups is 1. The third-order valence-corrected chi connectivity index (χ3v) is 5.72. The summed E-state index contributed by atoms with van der Waals surface area (Å²) in [4.78, 5) is 12.6. The molecule has 2 atom stereocenters. The van der Waals surface area contributed by atoms with E-state index >= 15 is 0 Å². The third kappa shape index (κ3) is 3.26. The fourth-order valence-corrected chi connectivity index (χ4v) is 3.97. The predicted octanol–water partition coefficient (Wildman–Crippen LogP) is 4.66. The molecular weight excluding hydrogens is 378 g/mol. The maximum absolute atomic E-state index is 12.6. The standard InChI is InChI=1S/C25H25NO4/c1-15-13-22(30-17(15)3)16(2)12-18-10-11-21-20(14-18)25(28,19-8-6-5-7-9-19)23(29-4)24(27)26-21/h5-14,23,28H,1-4H3,(H,26,27). The molecule has 3 aromatic rings. The summed E-state index contributed by atoms with van der Waals surface area (Å²) < 4.78 is 11.3. The van der Waals surface area contributed by atoms with Gasteiger partial charge in [0.2, 0.25) is 0 Å². The minimum Gasteiger partial charge on any atom is -0.461 e. The normalized spacial score (nSPS) is 21.3. The summed E-state index contributed by atoms with van der Waals surface area (Å²) in [6, 6.07) is 16.8. The Balaban J connectivity index is 1.84. The predicted molar refractivity (Wildman–Crippen MR) is 117 cm³/mol. The Bertz CT molecular complexity index is 1110. The van der Waals surface area contributed by atoms with Crippen LogP contribution < -0.4 is 5.32 Å². The first-order chi connectivity index (χ1) is 14.3. The lowest BCUT2D eigenvalue weighted by Gasteiger charge is -2.40. The number of amides is 1. The van der Waals surface area contributed by atoms with E-state index in [1.165, 1.54) is 7.11 Å². The van der Waals surface area contributed by atoms with E-state index in [2.05, 4.69) is 5.32 Å². The van der Waals surface area contributed by atoms with Crippen LogP contribution in [0.5, 0.6) is 0 Å². The molecule has 30 heavy (non-hydrogen) atoms. The summed E-state index contributed by atoms with van der Waals surface area (Å²) in [7, 11) is 1.43. The minimum atomic E-state index is -1.61. The van der Waals surface area contributed by atoms with Gasteiger partial charge in [-0.2, -0.15) is 0 Å². The van der Waals surface area contributed by atoms with Gasteiger partial charge in [0.25, 0.3) is 5.91 Å². The number of methoxy groups -OCH3 is 1. The lowest BCUT2D eigenvalue weighted by Crippen LogP contribution is -2.52. The van der Waals surface area contributed by atoms with Gasteiger partial charge < -0.3 is 19.6 Å². The first-order valence-electron chi connectivity index (χ1n) is 9.86. The molecule has 2 heterocycles. The summed E-state index contributed by atoms with van der Waals surface area (Å²) in [5.74, 6) is 1.33. The SMILES string of the molecule is COC1C(=O)Nc2ccc(C=C(C)c3cc(C)c(C)o3)cc2C1(O)c1ccccc1. The van der Waals surface area contributed by atoms with E-state index in [-0.39, 0.29) is 5.91 Å². The molecule has 154 valence electrons. The smallest absolute Gasteiger partial charge is 0.257 e. The number of furan rings is 1. The van der Waals surface area contributed by atoms with Gasteiger partial charge in [0.1, 0.15) is 11.5 Å². The number of aryl methyl sites for hydroxylation is 2. The van der Waals surface area contributed by atoms with Crippen molar-refractivity contribution in [2.75, 3.05) is 12.4 Å². The van der Waals surface area contributed by atoms with Gasteiger partial charge in [-0.1, -0.05) is 36.4 Å². The molecule has 0 saturated carbocycles. The molecule has 2 unspecified atom stereocenters. The maximum atomic E-state index is 12.6. The van der Waals surface area contributed by atoms with Gasteiger partial charge in [0, 0.05) is 18.4 Å². The molecule has 2 N–H and O–H groups in total. The van der Waals surface area contributed by atoms with Crippen LogP contribution in [0.2, 0.25) is 0 Å². The molecule has 4 rings (SSSR count). The number of carbonyl (C=O) groups is 1. The molecule has 0 aliphatic carbocycles. The number of anilines is 1. The monoisotopic (exact) mass is 403 g/mol. The van der Waals surface area contributed by atoms with E-state index in [0.717, 1.165) is 28.2 Å². The second kappa shape index (κ2) is 7.59. The first kappa shape index (κ1) is 20.1. The average Bonchev–Trinajstić information content (AvgIpc) is 3.08. The molecule has 0 spiro atoms. The number of nitrogens with one attached hydrogen (secondary N) is 1. The highest BCUT2D eigenvalue weighted by Crippen LogP contribution is 2.42. The number of hydrogen-bond acceptors (Lipinski definition) is 4. The number of rotatable bonds is 4. The summed E-state index contributed by atoms with van der Waals surface area (Å²) in [5, 5.41) is 14.7. The minimum absolute atomic E-state index is 0.377. The van der Waals surface area contributed by atoms with Crippen LogP contribution in [0.15, 0.2) is 59.0 Å². The van der Waals surface area contributed by atoms with Crippen LogP contribution in [0.3, 0.4) is 0 Å². The fraction of sp³-hybridized carbons (Fsp3) is 0.240. The van der Waals surface area contributed by atoms with Crippen molar-refractivity contribution in [2.24, 2.45) is 0 Å². The quantitative estimate of drug-likeness (QED) is 0.665. The molecular formula is C25H25NO4. The zero-order valence-corrected chi connectivity index (χ0v) is 17.5. The van der Waals surface area contributed by atoms with Crippen molar-refractivity contribution in [3.63, 3.8) is 0 Å². The van der Waals surface area contributed by atoms with Crippen LogP contribution in [0.25, 0.3) is 11.6 Å². The highest BCUT2D eigenvalue weighted by atomic mass is 16.5. The zero-order valence-electron chi connectivity index (χ0n) is 17.5. The van der Waals surface area contributed by atoms with E-state index in [9.17, 15) is 9.90 Å². The van der Waals surface area contributed by atoms with E-state index in [4.69, 9.17) is 9.15 Å². The van der Waals surface area contributed by atoms with E-state index in [1.807, 2.05) is 69.3 Å². The number of carbonyl (C=O) groups excluding carboxylic acids is 1. The maximum Gasteiger partial charge on any atom is 0.257 e. The number of fused-ring (bicyclic) bond motifs is 1. The van der Waals surface area contributed by atoms with Crippen molar-refractivity contribution in [1.82, 2.24) is 0 Å². The highest BCUT2D eigenvalue weighted by molar-refractivity contribution is 6.00. The Labute approximate surface area is 176 Å². The number of benzene rings is 2. The third-order valence-electron chi connectivity index (χ3n) is 5.72. The molecule has 2 aromatic carbocycles. The van der Waals surface area contributed by atoms with Gasteiger partial charge >= 0.3 is 0 Å². The lowest BCUT2D eigenvalue weighted by molar-refractivity contribution is -0.142. The lowest BCUT2D eigenvalue weighted by atomic mass is 9.77. The van der Waals surface area contributed by atoms with Gasteiger partial charge in [-0.25, -0.2) is 0 Å². The Kier molecular flexibility index (Phi) is 5.10. The van der Waals surface area contributed by atoms with E-state index < -0.39 is 11.7 Å². The second-order valence-electron chi connectivity index (χ2n) is 7.72. The molecule has 1 amide bonds. The first-order valence-corrected chi connectivity index (χ1v) is 9.86. The largest absolute Gasteiger partial charge is 0.461 e. The van der Waals surface area contributed by atoms with Crippen LogP contribution in [-0.2, 0) is 15.1 Å². The number of allylic oxidation sites excluding steroid dienone is 1. The Morgan fingerprint density at radius 1 is 1.17 bits per heavy atom. The Morgan fingerprint density at radius 2 is 1.90 bits per heavy atom. The van der Waals surface area contributed by atoms with Crippen LogP contribution in [-0.4, -0.2) is 24.2 Å². The Hall–Kier alpha value is -3.15. The van der Waals surface area contributed by atoms with Gasteiger partial charge in [-0.05, 0) is 67.3 Å². The topological polar surface area (TPSA) is 71.7 Å². The van der Waals surface area contributed by atoms with Crippen LogP contribution in [0.1, 0.15) is 40.7 Å². The zero-order chi connectivity index (χ0) is 21.5. The second-order valence-corrected chi connectivity index (χ2v) is 7.72. The van der Waals surface area contributed by atoms with Crippen molar-refractivity contribution in [3.8, 4) is 0 Å². The summed E-state index contributed by atoms with van der Waals surface area (Å²) >= 11 is 0. The average molecular weight is 403 g/mol. The van der Waals surface area contributed by atoms with Gasteiger partial charge in [-0.3, -0.25) is 4.79 Å². The molecule has 1 aliphatic rings. The van der Waals surface area contributed by atoms with Crippen molar-refractivity contribution < 1.29 is 19.1 Å². The molecule has 1 aliphatic heterocycles. The molecule has 0 radical (unpaired) electrons. The number of hydrogen-bond donors (Lipinski definition) is 2. The summed E-state index contributed by atoms with van der Waals surface area (Å²) in [5.41, 5.74) is 3.11. The van der Waals surface area contributed by atoms with Gasteiger partial charge in [0.15, 0.2) is 11.7 Å². The van der Waals surface area contributed by atoms with Crippen LogP contribution >= 0.6 is 0 Å². The van der Waals surface area contributed by atoms with Gasteiger partial charge in [-0.15, -0.1) is 0 Å². The molecule has 1 aromatic heterocycles. The van der Waals surface area contributed by atoms with Crippen molar-refractivity contribution in [2.45, 2.75) is 32.5 Å². The van der Waals surface area contributed by atoms with Crippen molar-refractivity contribution in [3.05, 3.63) is 88.4 Å².